The summed E-state index contributed by atoms with van der Waals surface area (Å²) in [5.74, 6) is 0. The molecule has 0 bridgehead atoms. The molecular formula is C19H17N3S. The number of benzene rings is 2. The minimum atomic E-state index is 0.642. The van der Waals surface area contributed by atoms with Crippen molar-refractivity contribution in [2.24, 2.45) is 0 Å². The number of thiocarbonyl (C=S) groups is 1. The lowest BCUT2D eigenvalue weighted by Gasteiger charge is -2.26. The zero-order valence-corrected chi connectivity index (χ0v) is 13.4. The quantitative estimate of drug-likeness (QED) is 0.726. The summed E-state index contributed by atoms with van der Waals surface area (Å²) in [5, 5.41) is 3.97. The van der Waals surface area contributed by atoms with E-state index in [0.717, 1.165) is 16.9 Å². The Morgan fingerprint density at radius 3 is 2.00 bits per heavy atom. The molecule has 2 aromatic carbocycles. The van der Waals surface area contributed by atoms with E-state index in [2.05, 4.69) is 10.3 Å². The fourth-order valence-corrected chi connectivity index (χ4v) is 2.58. The zero-order valence-electron chi connectivity index (χ0n) is 12.6. The summed E-state index contributed by atoms with van der Waals surface area (Å²) in [6.45, 7) is 0.642. The van der Waals surface area contributed by atoms with Crippen LogP contribution < -0.4 is 10.2 Å². The van der Waals surface area contributed by atoms with Crippen LogP contribution in [0.5, 0.6) is 0 Å². The molecule has 0 atom stereocenters. The predicted octanol–water partition coefficient (Wildman–Crippen LogP) is 4.29. The normalized spacial score (nSPS) is 10.1. The molecule has 1 N–H and O–H groups in total. The van der Waals surface area contributed by atoms with Crippen molar-refractivity contribution in [2.75, 3.05) is 4.90 Å². The van der Waals surface area contributed by atoms with Crippen molar-refractivity contribution < 1.29 is 0 Å². The van der Waals surface area contributed by atoms with Gasteiger partial charge in [0.05, 0.1) is 0 Å². The van der Waals surface area contributed by atoms with E-state index in [4.69, 9.17) is 12.2 Å². The molecule has 0 spiro atoms. The van der Waals surface area contributed by atoms with Gasteiger partial charge in [0.2, 0.25) is 0 Å². The van der Waals surface area contributed by atoms with Crippen LogP contribution in [0.2, 0.25) is 0 Å². The Morgan fingerprint density at radius 2 is 1.48 bits per heavy atom. The molecular weight excluding hydrogens is 302 g/mol. The first-order chi connectivity index (χ1) is 11.3. The number of nitrogens with one attached hydrogen (secondary N) is 1. The van der Waals surface area contributed by atoms with Crippen LogP contribution in [0, 0.1) is 0 Å². The van der Waals surface area contributed by atoms with Gasteiger partial charge in [-0.2, -0.15) is 0 Å². The Morgan fingerprint density at radius 1 is 0.870 bits per heavy atom. The summed E-state index contributed by atoms with van der Waals surface area (Å²) in [4.78, 5) is 6.16. The van der Waals surface area contributed by atoms with Crippen LogP contribution in [0.15, 0.2) is 85.2 Å². The van der Waals surface area contributed by atoms with Gasteiger partial charge in [0, 0.05) is 30.3 Å². The molecule has 0 saturated heterocycles. The molecule has 3 nitrogen and oxygen atoms in total. The lowest BCUT2D eigenvalue weighted by Crippen LogP contribution is -2.36. The Hall–Kier alpha value is -2.72. The van der Waals surface area contributed by atoms with Gasteiger partial charge in [0.25, 0.3) is 0 Å². The van der Waals surface area contributed by atoms with Crippen LogP contribution in [0.3, 0.4) is 0 Å². The lowest BCUT2D eigenvalue weighted by atomic mass is 10.2. The van der Waals surface area contributed by atoms with Crippen LogP contribution in [-0.4, -0.2) is 10.1 Å². The third kappa shape index (κ3) is 3.93. The summed E-state index contributed by atoms with van der Waals surface area (Å²) < 4.78 is 0. The highest BCUT2D eigenvalue weighted by molar-refractivity contribution is 7.80. The van der Waals surface area contributed by atoms with E-state index in [1.165, 1.54) is 0 Å². The molecule has 0 aliphatic rings. The second kappa shape index (κ2) is 7.51. The minimum absolute atomic E-state index is 0.642. The molecule has 0 radical (unpaired) electrons. The molecule has 1 aromatic heterocycles. The van der Waals surface area contributed by atoms with E-state index >= 15 is 0 Å². The second-order valence-corrected chi connectivity index (χ2v) is 5.41. The van der Waals surface area contributed by atoms with Crippen molar-refractivity contribution in [2.45, 2.75) is 6.54 Å². The molecule has 0 aliphatic heterocycles. The summed E-state index contributed by atoms with van der Waals surface area (Å²) in [5.41, 5.74) is 3.15. The molecule has 1 heterocycles. The minimum Gasteiger partial charge on any atom is -0.358 e. The molecule has 0 aliphatic carbocycles. The maximum absolute atomic E-state index is 5.63. The molecule has 3 aromatic rings. The van der Waals surface area contributed by atoms with Gasteiger partial charge in [-0.25, -0.2) is 0 Å². The number of nitrogens with zero attached hydrogens (tertiary/aromatic N) is 2. The molecule has 4 heteroatoms. The van der Waals surface area contributed by atoms with Crippen LogP contribution in [0.4, 0.5) is 11.4 Å². The smallest absolute Gasteiger partial charge is 0.178 e. The summed E-state index contributed by atoms with van der Waals surface area (Å²) in [6, 6.07) is 24.2. The van der Waals surface area contributed by atoms with E-state index in [9.17, 15) is 0 Å². The molecule has 23 heavy (non-hydrogen) atoms. The van der Waals surface area contributed by atoms with Crippen molar-refractivity contribution in [1.29, 1.82) is 0 Å². The Bertz CT molecular complexity index is 706. The first-order valence-corrected chi connectivity index (χ1v) is 7.82. The molecule has 0 fully saturated rings. The van der Waals surface area contributed by atoms with Gasteiger partial charge in [0.1, 0.15) is 0 Å². The molecule has 0 saturated carbocycles. The summed E-state index contributed by atoms with van der Waals surface area (Å²) >= 11 is 5.63. The Balaban J connectivity index is 1.82. The number of aromatic nitrogens is 1. The highest BCUT2D eigenvalue weighted by Crippen LogP contribution is 2.25. The maximum atomic E-state index is 5.63. The molecule has 0 unspecified atom stereocenters. The van der Waals surface area contributed by atoms with Gasteiger partial charge < -0.3 is 5.32 Å². The third-order valence-electron chi connectivity index (χ3n) is 3.40. The number of para-hydroxylation sites is 2. The van der Waals surface area contributed by atoms with E-state index < -0.39 is 0 Å². The number of anilines is 2. The van der Waals surface area contributed by atoms with Crippen molar-refractivity contribution in [3.8, 4) is 0 Å². The third-order valence-corrected chi connectivity index (χ3v) is 3.73. The van der Waals surface area contributed by atoms with Gasteiger partial charge >= 0.3 is 0 Å². The largest absolute Gasteiger partial charge is 0.358 e. The zero-order chi connectivity index (χ0) is 15.9. The lowest BCUT2D eigenvalue weighted by molar-refractivity contribution is 0.905. The van der Waals surface area contributed by atoms with E-state index in [1.54, 1.807) is 6.20 Å². The van der Waals surface area contributed by atoms with Crippen molar-refractivity contribution in [1.82, 2.24) is 10.3 Å². The van der Waals surface area contributed by atoms with E-state index in [0.29, 0.717) is 11.7 Å². The van der Waals surface area contributed by atoms with Crippen LogP contribution in [0.1, 0.15) is 5.56 Å². The second-order valence-electron chi connectivity index (χ2n) is 5.03. The Labute approximate surface area is 141 Å². The summed E-state index contributed by atoms with van der Waals surface area (Å²) in [7, 11) is 0. The van der Waals surface area contributed by atoms with Gasteiger partial charge in [-0.1, -0.05) is 42.5 Å². The van der Waals surface area contributed by atoms with E-state index in [1.807, 2.05) is 83.9 Å². The monoisotopic (exact) mass is 319 g/mol. The summed E-state index contributed by atoms with van der Waals surface area (Å²) in [6.07, 6.45) is 3.60. The van der Waals surface area contributed by atoms with Gasteiger partial charge in [-0.3, -0.25) is 9.88 Å². The van der Waals surface area contributed by atoms with Crippen molar-refractivity contribution in [3.63, 3.8) is 0 Å². The number of pyridine rings is 1. The molecule has 3 rings (SSSR count). The first kappa shape index (κ1) is 15.2. The molecule has 0 amide bonds. The maximum Gasteiger partial charge on any atom is 0.178 e. The average Bonchev–Trinajstić information content (AvgIpc) is 2.63. The average molecular weight is 319 g/mol. The highest BCUT2D eigenvalue weighted by atomic mass is 32.1. The van der Waals surface area contributed by atoms with Crippen molar-refractivity contribution >= 4 is 28.7 Å². The number of rotatable bonds is 4. The van der Waals surface area contributed by atoms with Crippen LogP contribution >= 0.6 is 12.2 Å². The standard InChI is InChI=1S/C19H17N3S/c23-19(21-15-16-8-7-13-20-14-16)22(17-9-3-1-4-10-17)18-11-5-2-6-12-18/h1-14H,15H2,(H,21,23). The Kier molecular flexibility index (Phi) is 4.96. The number of hydrogen-bond acceptors (Lipinski definition) is 2. The highest BCUT2D eigenvalue weighted by Gasteiger charge is 2.13. The fourth-order valence-electron chi connectivity index (χ4n) is 2.30. The van der Waals surface area contributed by atoms with Gasteiger partial charge in [-0.15, -0.1) is 0 Å². The fraction of sp³-hybridized carbons (Fsp3) is 0.0526. The first-order valence-electron chi connectivity index (χ1n) is 7.41. The van der Waals surface area contributed by atoms with E-state index in [-0.39, 0.29) is 0 Å². The van der Waals surface area contributed by atoms with Gasteiger partial charge in [-0.05, 0) is 48.1 Å². The topological polar surface area (TPSA) is 28.2 Å². The van der Waals surface area contributed by atoms with Gasteiger partial charge in [0.15, 0.2) is 5.11 Å². The predicted molar refractivity (Wildman–Crippen MR) is 98.7 cm³/mol. The van der Waals surface area contributed by atoms with Crippen LogP contribution in [-0.2, 0) is 6.54 Å². The van der Waals surface area contributed by atoms with Crippen molar-refractivity contribution in [3.05, 3.63) is 90.8 Å². The molecule has 114 valence electrons. The SMILES string of the molecule is S=C(NCc1cccnc1)N(c1ccccc1)c1ccccc1. The number of hydrogen-bond donors (Lipinski definition) is 1. The van der Waals surface area contributed by atoms with Crippen LogP contribution in [0.25, 0.3) is 0 Å².